The van der Waals surface area contributed by atoms with E-state index in [1.807, 2.05) is 37.3 Å². The number of rotatable bonds is 5. The first-order chi connectivity index (χ1) is 17.2. The number of aryl methyl sites for hydroxylation is 2. The molecule has 6 heteroatoms. The lowest BCUT2D eigenvalue weighted by atomic mass is 9.87. The highest BCUT2D eigenvalue weighted by molar-refractivity contribution is 7.98. The second kappa shape index (κ2) is 9.43. The molecule has 0 saturated carbocycles. The van der Waals surface area contributed by atoms with Crippen molar-refractivity contribution in [2.75, 3.05) is 0 Å². The molecule has 2 aromatic heterocycles. The summed E-state index contributed by atoms with van der Waals surface area (Å²) < 4.78 is 7.56. The van der Waals surface area contributed by atoms with Crippen LogP contribution in [0.25, 0.3) is 28.0 Å². The van der Waals surface area contributed by atoms with Gasteiger partial charge in [0.1, 0.15) is 5.58 Å². The molecule has 0 radical (unpaired) electrons. The van der Waals surface area contributed by atoms with Crippen LogP contribution in [0.3, 0.4) is 0 Å². The van der Waals surface area contributed by atoms with E-state index in [1.165, 1.54) is 5.56 Å². The maximum absolute atomic E-state index is 12.2. The fourth-order valence-corrected chi connectivity index (χ4v) is 5.24. The van der Waals surface area contributed by atoms with E-state index < -0.39 is 0 Å². The van der Waals surface area contributed by atoms with E-state index >= 15 is 0 Å². The highest BCUT2D eigenvalue weighted by Gasteiger charge is 2.20. The summed E-state index contributed by atoms with van der Waals surface area (Å²) >= 11 is 1.56. The van der Waals surface area contributed by atoms with Crippen molar-refractivity contribution in [2.45, 2.75) is 50.9 Å². The second-order valence-electron chi connectivity index (χ2n) is 10.1. The standard InChI is InChI=1S/C30H29N3O2S/c1-19-10-15-24-22(17-27(34)35-26(24)16-19)18-36-29-32-31-28(33(29)25-9-7-6-8-20(25)2)21-11-13-23(14-12-21)30(3,4)5/h6-17H,18H2,1-5H3. The molecule has 0 aliphatic rings. The summed E-state index contributed by atoms with van der Waals surface area (Å²) in [5, 5.41) is 10.9. The number of aromatic nitrogens is 3. The first-order valence-corrected chi connectivity index (χ1v) is 13.0. The Bertz CT molecular complexity index is 1610. The van der Waals surface area contributed by atoms with Crippen molar-refractivity contribution in [3.63, 3.8) is 0 Å². The molecule has 0 aliphatic carbocycles. The SMILES string of the molecule is Cc1ccc2c(CSc3nnc(-c4ccc(C(C)(C)C)cc4)n3-c3ccccc3C)cc(=O)oc2c1. The van der Waals surface area contributed by atoms with Crippen molar-refractivity contribution in [2.24, 2.45) is 0 Å². The van der Waals surface area contributed by atoms with Crippen LogP contribution in [-0.4, -0.2) is 14.8 Å². The van der Waals surface area contributed by atoms with E-state index in [2.05, 4.69) is 78.9 Å². The molecular formula is C30H29N3O2S. The maximum atomic E-state index is 12.2. The molecule has 0 aliphatic heterocycles. The average Bonchev–Trinajstić information content (AvgIpc) is 3.25. The Balaban J connectivity index is 1.57. The summed E-state index contributed by atoms with van der Waals surface area (Å²) in [6, 6.07) is 24.3. The van der Waals surface area contributed by atoms with Gasteiger partial charge in [0, 0.05) is 22.8 Å². The summed E-state index contributed by atoms with van der Waals surface area (Å²) in [6.45, 7) is 10.7. The monoisotopic (exact) mass is 495 g/mol. The van der Waals surface area contributed by atoms with Gasteiger partial charge in [0.15, 0.2) is 11.0 Å². The van der Waals surface area contributed by atoms with Crippen molar-refractivity contribution < 1.29 is 4.42 Å². The Morgan fingerprint density at radius 2 is 1.67 bits per heavy atom. The number of hydrogen-bond acceptors (Lipinski definition) is 5. The minimum absolute atomic E-state index is 0.0763. The summed E-state index contributed by atoms with van der Waals surface area (Å²) in [5.74, 6) is 1.36. The van der Waals surface area contributed by atoms with E-state index in [1.54, 1.807) is 17.8 Å². The quantitative estimate of drug-likeness (QED) is 0.190. The zero-order valence-electron chi connectivity index (χ0n) is 21.2. The zero-order chi connectivity index (χ0) is 25.4. The second-order valence-corrected chi connectivity index (χ2v) is 11.1. The van der Waals surface area contributed by atoms with Gasteiger partial charge in [-0.1, -0.05) is 87.1 Å². The summed E-state index contributed by atoms with van der Waals surface area (Å²) in [7, 11) is 0. The largest absolute Gasteiger partial charge is 0.423 e. The number of hydrogen-bond donors (Lipinski definition) is 0. The Kier molecular flexibility index (Phi) is 6.31. The van der Waals surface area contributed by atoms with Crippen LogP contribution in [0.4, 0.5) is 0 Å². The molecule has 0 fully saturated rings. The van der Waals surface area contributed by atoms with Crippen LogP contribution < -0.4 is 5.63 Å². The Morgan fingerprint density at radius 3 is 2.39 bits per heavy atom. The van der Waals surface area contributed by atoms with Gasteiger partial charge in [-0.3, -0.25) is 4.57 Å². The number of para-hydroxylation sites is 1. The molecule has 36 heavy (non-hydrogen) atoms. The van der Waals surface area contributed by atoms with Crippen molar-refractivity contribution in [3.05, 3.63) is 105 Å². The molecule has 5 rings (SSSR count). The lowest BCUT2D eigenvalue weighted by molar-refractivity contribution is 0.559. The molecule has 5 nitrogen and oxygen atoms in total. The molecule has 0 atom stereocenters. The first-order valence-electron chi connectivity index (χ1n) is 12.0. The van der Waals surface area contributed by atoms with Crippen LogP contribution in [0.2, 0.25) is 0 Å². The van der Waals surface area contributed by atoms with Crippen LogP contribution in [0, 0.1) is 13.8 Å². The first kappa shape index (κ1) is 24.1. The molecule has 0 saturated heterocycles. The molecule has 0 spiro atoms. The minimum atomic E-state index is -0.344. The normalized spacial score (nSPS) is 11.8. The van der Waals surface area contributed by atoms with Gasteiger partial charge in [-0.2, -0.15) is 0 Å². The van der Waals surface area contributed by atoms with Crippen LogP contribution in [0.15, 0.2) is 87.2 Å². The molecular weight excluding hydrogens is 466 g/mol. The lowest BCUT2D eigenvalue weighted by Gasteiger charge is -2.19. The van der Waals surface area contributed by atoms with E-state index in [4.69, 9.17) is 4.42 Å². The highest BCUT2D eigenvalue weighted by atomic mass is 32.2. The Hall–Kier alpha value is -3.64. The Labute approximate surface area is 215 Å². The third kappa shape index (κ3) is 4.73. The molecule has 3 aromatic carbocycles. The molecule has 0 N–H and O–H groups in total. The predicted molar refractivity (Wildman–Crippen MR) is 147 cm³/mol. The fraction of sp³-hybridized carbons (Fsp3) is 0.233. The van der Waals surface area contributed by atoms with Crippen LogP contribution in [0.5, 0.6) is 0 Å². The van der Waals surface area contributed by atoms with Gasteiger partial charge in [-0.25, -0.2) is 4.79 Å². The fourth-order valence-electron chi connectivity index (χ4n) is 4.30. The van der Waals surface area contributed by atoms with Gasteiger partial charge >= 0.3 is 5.63 Å². The third-order valence-electron chi connectivity index (χ3n) is 6.34. The topological polar surface area (TPSA) is 60.9 Å². The maximum Gasteiger partial charge on any atom is 0.336 e. The molecule has 2 heterocycles. The van der Waals surface area contributed by atoms with Crippen LogP contribution in [-0.2, 0) is 11.2 Å². The number of nitrogens with zero attached hydrogens (tertiary/aromatic N) is 3. The summed E-state index contributed by atoms with van der Waals surface area (Å²) in [6.07, 6.45) is 0. The number of fused-ring (bicyclic) bond motifs is 1. The van der Waals surface area contributed by atoms with E-state index in [0.717, 1.165) is 44.3 Å². The van der Waals surface area contributed by atoms with E-state index in [0.29, 0.717) is 11.3 Å². The lowest BCUT2D eigenvalue weighted by Crippen LogP contribution is -2.10. The molecule has 5 aromatic rings. The van der Waals surface area contributed by atoms with Crippen molar-refractivity contribution >= 4 is 22.7 Å². The molecule has 0 amide bonds. The summed E-state index contributed by atoms with van der Waals surface area (Å²) in [5.41, 5.74) is 6.76. The summed E-state index contributed by atoms with van der Waals surface area (Å²) in [4.78, 5) is 12.2. The van der Waals surface area contributed by atoms with Crippen LogP contribution >= 0.6 is 11.8 Å². The number of benzene rings is 3. The van der Waals surface area contributed by atoms with Gasteiger partial charge in [0.2, 0.25) is 0 Å². The Morgan fingerprint density at radius 1 is 0.917 bits per heavy atom. The molecule has 0 bridgehead atoms. The third-order valence-corrected chi connectivity index (χ3v) is 7.32. The van der Waals surface area contributed by atoms with Crippen molar-refractivity contribution in [1.82, 2.24) is 14.8 Å². The van der Waals surface area contributed by atoms with Gasteiger partial charge in [0.25, 0.3) is 0 Å². The van der Waals surface area contributed by atoms with Crippen LogP contribution in [0.1, 0.15) is 43.0 Å². The zero-order valence-corrected chi connectivity index (χ0v) is 22.0. The minimum Gasteiger partial charge on any atom is -0.423 e. The van der Waals surface area contributed by atoms with Crippen molar-refractivity contribution in [3.8, 4) is 17.1 Å². The highest BCUT2D eigenvalue weighted by Crippen LogP contribution is 2.33. The smallest absolute Gasteiger partial charge is 0.336 e. The van der Waals surface area contributed by atoms with E-state index in [-0.39, 0.29) is 11.0 Å². The van der Waals surface area contributed by atoms with Gasteiger partial charge in [-0.15, -0.1) is 10.2 Å². The van der Waals surface area contributed by atoms with Gasteiger partial charge in [-0.05, 0) is 53.6 Å². The van der Waals surface area contributed by atoms with E-state index in [9.17, 15) is 4.79 Å². The average molecular weight is 496 g/mol. The number of thioether (sulfide) groups is 1. The predicted octanol–water partition coefficient (Wildman–Crippen LogP) is 7.25. The van der Waals surface area contributed by atoms with Crippen molar-refractivity contribution in [1.29, 1.82) is 0 Å². The molecule has 182 valence electrons. The van der Waals surface area contributed by atoms with Gasteiger partial charge in [0.05, 0.1) is 5.69 Å². The molecule has 0 unspecified atom stereocenters. The van der Waals surface area contributed by atoms with Gasteiger partial charge < -0.3 is 4.42 Å².